The molecule has 1 amide bonds. The van der Waals surface area contributed by atoms with E-state index >= 15 is 0 Å². The second-order valence-electron chi connectivity index (χ2n) is 4.15. The molecule has 0 spiro atoms. The Hall–Kier alpha value is -1.26. The third-order valence-electron chi connectivity index (χ3n) is 2.80. The molecule has 2 rings (SSSR count). The van der Waals surface area contributed by atoms with Gasteiger partial charge in [-0.1, -0.05) is 11.6 Å². The van der Waals surface area contributed by atoms with Crippen molar-refractivity contribution in [2.75, 3.05) is 26.3 Å². The van der Waals surface area contributed by atoms with Crippen LogP contribution in [-0.2, 0) is 9.53 Å². The lowest BCUT2D eigenvalue weighted by Crippen LogP contribution is -2.46. The highest BCUT2D eigenvalue weighted by atomic mass is 35.5. The minimum atomic E-state index is -0.496. The maximum Gasteiger partial charge on any atom is 0.263 e. The van der Waals surface area contributed by atoms with E-state index < -0.39 is 6.10 Å². The standard InChI is InChI=1S/C13H16ClNO3/c1-10(13(16)15-6-8-17-9-7-15)18-12-4-2-11(14)3-5-12/h2-5,10H,6-9H2,1H3/t10-/m0/s1. The first-order chi connectivity index (χ1) is 8.66. The van der Waals surface area contributed by atoms with Crippen molar-refractivity contribution in [3.63, 3.8) is 0 Å². The molecule has 0 saturated carbocycles. The minimum absolute atomic E-state index is 0.00625. The predicted molar refractivity (Wildman–Crippen MR) is 68.9 cm³/mol. The number of morpholine rings is 1. The van der Waals surface area contributed by atoms with Gasteiger partial charge >= 0.3 is 0 Å². The van der Waals surface area contributed by atoms with Crippen LogP contribution in [0.2, 0.25) is 5.02 Å². The third kappa shape index (κ3) is 3.37. The highest BCUT2D eigenvalue weighted by Crippen LogP contribution is 2.17. The minimum Gasteiger partial charge on any atom is -0.481 e. The molecule has 5 heteroatoms. The molecule has 1 aliphatic rings. The fraction of sp³-hybridized carbons (Fsp3) is 0.462. The Kier molecular flexibility index (Phi) is 4.44. The van der Waals surface area contributed by atoms with Crippen molar-refractivity contribution < 1.29 is 14.3 Å². The molecule has 1 saturated heterocycles. The predicted octanol–water partition coefficient (Wildman–Crippen LogP) is 1.97. The molecule has 98 valence electrons. The van der Waals surface area contributed by atoms with E-state index in [1.54, 1.807) is 36.1 Å². The third-order valence-corrected chi connectivity index (χ3v) is 3.05. The molecule has 1 heterocycles. The fourth-order valence-corrected chi connectivity index (χ4v) is 1.93. The molecule has 0 bridgehead atoms. The van der Waals surface area contributed by atoms with Gasteiger partial charge in [-0.3, -0.25) is 4.79 Å². The van der Waals surface area contributed by atoms with E-state index in [0.717, 1.165) is 0 Å². The molecule has 0 N–H and O–H groups in total. The molecule has 0 unspecified atom stereocenters. The van der Waals surface area contributed by atoms with Gasteiger partial charge in [-0.25, -0.2) is 0 Å². The molecule has 1 aromatic rings. The Balaban J connectivity index is 1.92. The summed E-state index contributed by atoms with van der Waals surface area (Å²) in [6.45, 7) is 4.21. The van der Waals surface area contributed by atoms with Crippen LogP contribution in [0.3, 0.4) is 0 Å². The summed E-state index contributed by atoms with van der Waals surface area (Å²) in [5.74, 6) is 0.641. The largest absolute Gasteiger partial charge is 0.481 e. The van der Waals surface area contributed by atoms with Crippen LogP contribution < -0.4 is 4.74 Å². The van der Waals surface area contributed by atoms with Gasteiger partial charge in [0.05, 0.1) is 13.2 Å². The molecule has 1 fully saturated rings. The first-order valence-electron chi connectivity index (χ1n) is 5.95. The first kappa shape index (κ1) is 13.2. The van der Waals surface area contributed by atoms with Crippen molar-refractivity contribution in [3.8, 4) is 5.75 Å². The van der Waals surface area contributed by atoms with Crippen molar-refractivity contribution in [3.05, 3.63) is 29.3 Å². The SMILES string of the molecule is C[C@H](Oc1ccc(Cl)cc1)C(=O)N1CCOCC1. The maximum atomic E-state index is 12.1. The lowest BCUT2D eigenvalue weighted by Gasteiger charge is -2.29. The number of carbonyl (C=O) groups is 1. The molecule has 1 aliphatic heterocycles. The van der Waals surface area contributed by atoms with Crippen LogP contribution in [0.1, 0.15) is 6.92 Å². The summed E-state index contributed by atoms with van der Waals surface area (Å²) in [5, 5.41) is 0.648. The highest BCUT2D eigenvalue weighted by Gasteiger charge is 2.23. The summed E-state index contributed by atoms with van der Waals surface area (Å²) in [4.78, 5) is 13.9. The normalized spacial score (nSPS) is 17.3. The average molecular weight is 270 g/mol. The van der Waals surface area contributed by atoms with Crippen LogP contribution in [0.5, 0.6) is 5.75 Å². The second kappa shape index (κ2) is 6.07. The summed E-state index contributed by atoms with van der Waals surface area (Å²) in [6.07, 6.45) is -0.496. The van der Waals surface area contributed by atoms with E-state index in [1.165, 1.54) is 0 Å². The van der Waals surface area contributed by atoms with E-state index in [1.807, 2.05) is 0 Å². The zero-order valence-electron chi connectivity index (χ0n) is 10.3. The number of amides is 1. The number of ether oxygens (including phenoxy) is 2. The Labute approximate surface area is 111 Å². The van der Waals surface area contributed by atoms with Gasteiger partial charge < -0.3 is 14.4 Å². The maximum absolute atomic E-state index is 12.1. The molecule has 0 aromatic heterocycles. The molecule has 18 heavy (non-hydrogen) atoms. The molecule has 0 radical (unpaired) electrons. The van der Waals surface area contributed by atoms with Crippen molar-refractivity contribution in [2.24, 2.45) is 0 Å². The van der Waals surface area contributed by atoms with Crippen LogP contribution in [0.25, 0.3) is 0 Å². The number of benzene rings is 1. The van der Waals surface area contributed by atoms with Gasteiger partial charge in [0.1, 0.15) is 5.75 Å². The molecule has 4 nitrogen and oxygen atoms in total. The quantitative estimate of drug-likeness (QED) is 0.842. The number of rotatable bonds is 3. The number of hydrogen-bond acceptors (Lipinski definition) is 3. The highest BCUT2D eigenvalue weighted by molar-refractivity contribution is 6.30. The van der Waals surface area contributed by atoms with Crippen molar-refractivity contribution in [2.45, 2.75) is 13.0 Å². The van der Waals surface area contributed by atoms with Gasteiger partial charge in [-0.15, -0.1) is 0 Å². The summed E-state index contributed by atoms with van der Waals surface area (Å²) >= 11 is 5.79. The van der Waals surface area contributed by atoms with Gasteiger partial charge in [-0.05, 0) is 31.2 Å². The zero-order chi connectivity index (χ0) is 13.0. The lowest BCUT2D eigenvalue weighted by molar-refractivity contribution is -0.142. The van der Waals surface area contributed by atoms with E-state index in [-0.39, 0.29) is 5.91 Å². The van der Waals surface area contributed by atoms with Gasteiger partial charge in [0.15, 0.2) is 6.10 Å². The van der Waals surface area contributed by atoms with Gasteiger partial charge in [-0.2, -0.15) is 0 Å². The van der Waals surface area contributed by atoms with Crippen LogP contribution in [0, 0.1) is 0 Å². The summed E-state index contributed by atoms with van der Waals surface area (Å²) in [5.41, 5.74) is 0. The Morgan fingerprint density at radius 2 is 1.94 bits per heavy atom. The summed E-state index contributed by atoms with van der Waals surface area (Å²) < 4.78 is 10.8. The Morgan fingerprint density at radius 3 is 2.56 bits per heavy atom. The van der Waals surface area contributed by atoms with Crippen LogP contribution in [0.4, 0.5) is 0 Å². The fourth-order valence-electron chi connectivity index (χ4n) is 1.81. The molecule has 1 atom stereocenters. The van der Waals surface area contributed by atoms with Crippen LogP contribution in [0.15, 0.2) is 24.3 Å². The van der Waals surface area contributed by atoms with E-state index in [0.29, 0.717) is 37.1 Å². The molecular formula is C13H16ClNO3. The monoisotopic (exact) mass is 269 g/mol. The zero-order valence-corrected chi connectivity index (χ0v) is 11.0. The van der Waals surface area contributed by atoms with Crippen LogP contribution >= 0.6 is 11.6 Å². The van der Waals surface area contributed by atoms with Gasteiger partial charge in [0.25, 0.3) is 5.91 Å². The van der Waals surface area contributed by atoms with E-state index in [9.17, 15) is 4.79 Å². The van der Waals surface area contributed by atoms with E-state index in [4.69, 9.17) is 21.1 Å². The second-order valence-corrected chi connectivity index (χ2v) is 4.59. The van der Waals surface area contributed by atoms with Crippen molar-refractivity contribution >= 4 is 17.5 Å². The summed E-state index contributed by atoms with van der Waals surface area (Å²) in [6, 6.07) is 6.99. The van der Waals surface area contributed by atoms with E-state index in [2.05, 4.69) is 0 Å². The first-order valence-corrected chi connectivity index (χ1v) is 6.33. The van der Waals surface area contributed by atoms with Crippen molar-refractivity contribution in [1.29, 1.82) is 0 Å². The Bertz CT molecular complexity index is 401. The molecule has 0 aliphatic carbocycles. The number of halogens is 1. The topological polar surface area (TPSA) is 38.8 Å². The molecular weight excluding hydrogens is 254 g/mol. The van der Waals surface area contributed by atoms with Gasteiger partial charge in [0.2, 0.25) is 0 Å². The number of nitrogens with zero attached hydrogens (tertiary/aromatic N) is 1. The van der Waals surface area contributed by atoms with Crippen LogP contribution in [-0.4, -0.2) is 43.2 Å². The van der Waals surface area contributed by atoms with Gasteiger partial charge in [0, 0.05) is 18.1 Å². The number of hydrogen-bond donors (Lipinski definition) is 0. The van der Waals surface area contributed by atoms with Crippen molar-refractivity contribution in [1.82, 2.24) is 4.90 Å². The summed E-state index contributed by atoms with van der Waals surface area (Å²) in [7, 11) is 0. The average Bonchev–Trinajstić information content (AvgIpc) is 2.41. The Morgan fingerprint density at radius 1 is 1.33 bits per heavy atom. The molecule has 1 aromatic carbocycles. The lowest BCUT2D eigenvalue weighted by atomic mass is 10.3. The number of carbonyl (C=O) groups excluding carboxylic acids is 1. The smallest absolute Gasteiger partial charge is 0.263 e.